The monoisotopic (exact) mass is 315 g/mol. The molecule has 0 aliphatic carbocycles. The smallest absolute Gasteiger partial charge is 0.267 e. The fourth-order valence-electron chi connectivity index (χ4n) is 1.91. The lowest BCUT2D eigenvalue weighted by atomic mass is 10.2. The van der Waals surface area contributed by atoms with Crippen LogP contribution < -0.4 is 5.56 Å². The molecule has 0 saturated heterocycles. The summed E-state index contributed by atoms with van der Waals surface area (Å²) < 4.78 is 1.98. The van der Waals surface area contributed by atoms with Crippen LogP contribution in [0.2, 0.25) is 0 Å². The number of benzene rings is 1. The molecule has 0 unspecified atom stereocenters. The van der Waals surface area contributed by atoms with E-state index in [1.54, 1.807) is 0 Å². The molecule has 0 saturated carbocycles. The Morgan fingerprint density at radius 2 is 2.00 bits per heavy atom. The van der Waals surface area contributed by atoms with E-state index in [9.17, 15) is 4.79 Å². The van der Waals surface area contributed by atoms with Gasteiger partial charge < -0.3 is 0 Å². The van der Waals surface area contributed by atoms with Crippen LogP contribution in [-0.4, -0.2) is 14.5 Å². The van der Waals surface area contributed by atoms with Crippen molar-refractivity contribution in [3.05, 3.63) is 69.4 Å². The number of rotatable bonds is 2. The van der Waals surface area contributed by atoms with Crippen LogP contribution in [0.15, 0.2) is 58.2 Å². The van der Waals surface area contributed by atoms with E-state index in [0.29, 0.717) is 11.0 Å². The van der Waals surface area contributed by atoms with Gasteiger partial charge in [0.15, 0.2) is 0 Å². The van der Waals surface area contributed by atoms with Crippen LogP contribution in [0.25, 0.3) is 10.9 Å². The Hall–Kier alpha value is -2.01. The molecule has 94 valence electrons. The number of halogens is 1. The first-order valence-electron chi connectivity index (χ1n) is 5.79. The molecule has 0 N–H and O–H groups in total. The van der Waals surface area contributed by atoms with Crippen LogP contribution in [0.3, 0.4) is 0 Å². The Labute approximate surface area is 117 Å². The topological polar surface area (TPSA) is 47.8 Å². The SMILES string of the molecule is O=c1c(Br)cncn1Cc1ccc2ccccc2n1. The van der Waals surface area contributed by atoms with Crippen LogP contribution in [0.4, 0.5) is 0 Å². The Kier molecular flexibility index (Phi) is 3.13. The van der Waals surface area contributed by atoms with Crippen LogP contribution >= 0.6 is 15.9 Å². The van der Waals surface area contributed by atoms with Crippen LogP contribution in [0, 0.1) is 0 Å². The number of hydrogen-bond acceptors (Lipinski definition) is 3. The number of nitrogens with zero attached hydrogens (tertiary/aromatic N) is 3. The Morgan fingerprint density at radius 1 is 1.16 bits per heavy atom. The first-order valence-corrected chi connectivity index (χ1v) is 6.58. The maximum Gasteiger partial charge on any atom is 0.267 e. The zero-order valence-corrected chi connectivity index (χ0v) is 11.5. The highest BCUT2D eigenvalue weighted by Gasteiger charge is 2.03. The van der Waals surface area contributed by atoms with E-state index in [-0.39, 0.29) is 5.56 Å². The van der Waals surface area contributed by atoms with E-state index in [4.69, 9.17) is 0 Å². The van der Waals surface area contributed by atoms with Crippen molar-refractivity contribution in [3.63, 3.8) is 0 Å². The predicted molar refractivity (Wildman–Crippen MR) is 77.0 cm³/mol. The third-order valence-electron chi connectivity index (χ3n) is 2.85. The molecule has 4 nitrogen and oxygen atoms in total. The van der Waals surface area contributed by atoms with Crippen molar-refractivity contribution >= 4 is 26.8 Å². The van der Waals surface area contributed by atoms with Gasteiger partial charge in [-0.2, -0.15) is 0 Å². The zero-order valence-electron chi connectivity index (χ0n) is 9.95. The Morgan fingerprint density at radius 3 is 2.89 bits per heavy atom. The second-order valence-corrected chi connectivity index (χ2v) is 5.02. The van der Waals surface area contributed by atoms with Gasteiger partial charge in [0.05, 0.1) is 24.1 Å². The van der Waals surface area contributed by atoms with Crippen molar-refractivity contribution in [1.82, 2.24) is 14.5 Å². The highest BCUT2D eigenvalue weighted by atomic mass is 79.9. The van der Waals surface area contributed by atoms with Crippen LogP contribution in [0.1, 0.15) is 5.69 Å². The fraction of sp³-hybridized carbons (Fsp3) is 0.0714. The molecule has 2 aromatic heterocycles. The first-order chi connectivity index (χ1) is 9.24. The molecule has 0 atom stereocenters. The molecule has 0 radical (unpaired) electrons. The van der Waals surface area contributed by atoms with Gasteiger partial charge in [0.2, 0.25) is 0 Å². The zero-order chi connectivity index (χ0) is 13.2. The molecule has 0 fully saturated rings. The lowest BCUT2D eigenvalue weighted by Crippen LogP contribution is -2.21. The fourth-order valence-corrected chi connectivity index (χ4v) is 2.25. The summed E-state index contributed by atoms with van der Waals surface area (Å²) in [6, 6.07) is 11.8. The van der Waals surface area contributed by atoms with E-state index in [1.807, 2.05) is 36.4 Å². The van der Waals surface area contributed by atoms with Gasteiger partial charge in [-0.3, -0.25) is 14.3 Å². The Bertz CT molecular complexity index is 798. The van der Waals surface area contributed by atoms with Crippen molar-refractivity contribution in [2.75, 3.05) is 0 Å². The van der Waals surface area contributed by atoms with Crippen molar-refractivity contribution in [3.8, 4) is 0 Å². The van der Waals surface area contributed by atoms with Gasteiger partial charge in [-0.1, -0.05) is 24.3 Å². The molecule has 0 bridgehead atoms. The molecule has 0 aliphatic rings. The lowest BCUT2D eigenvalue weighted by molar-refractivity contribution is 0.716. The second-order valence-electron chi connectivity index (χ2n) is 4.17. The third kappa shape index (κ3) is 2.42. The van der Waals surface area contributed by atoms with E-state index < -0.39 is 0 Å². The highest BCUT2D eigenvalue weighted by Crippen LogP contribution is 2.12. The summed E-state index contributed by atoms with van der Waals surface area (Å²) in [5.41, 5.74) is 1.65. The predicted octanol–water partition coefficient (Wildman–Crippen LogP) is 2.60. The van der Waals surface area contributed by atoms with Crippen molar-refractivity contribution in [2.45, 2.75) is 6.54 Å². The molecule has 1 aromatic carbocycles. The molecule has 2 heterocycles. The number of para-hydroxylation sites is 1. The maximum absolute atomic E-state index is 11.9. The summed E-state index contributed by atoms with van der Waals surface area (Å²) in [5, 5.41) is 1.09. The molecule has 0 spiro atoms. The lowest BCUT2D eigenvalue weighted by Gasteiger charge is -2.06. The largest absolute Gasteiger partial charge is 0.292 e. The van der Waals surface area contributed by atoms with Gasteiger partial charge in [0.1, 0.15) is 4.47 Å². The molecule has 0 aliphatic heterocycles. The minimum atomic E-state index is -0.107. The summed E-state index contributed by atoms with van der Waals surface area (Å²) in [4.78, 5) is 20.4. The second kappa shape index (κ2) is 4.93. The normalized spacial score (nSPS) is 10.8. The molecule has 0 amide bonds. The summed E-state index contributed by atoms with van der Waals surface area (Å²) in [7, 11) is 0. The van der Waals surface area contributed by atoms with Gasteiger partial charge in [-0.15, -0.1) is 0 Å². The molecule has 3 aromatic rings. The Balaban J connectivity index is 2.01. The first kappa shape index (κ1) is 12.0. The van der Waals surface area contributed by atoms with Gasteiger partial charge in [0, 0.05) is 11.6 Å². The van der Waals surface area contributed by atoms with E-state index in [0.717, 1.165) is 16.6 Å². The van der Waals surface area contributed by atoms with Crippen molar-refractivity contribution < 1.29 is 0 Å². The van der Waals surface area contributed by atoms with Crippen molar-refractivity contribution in [1.29, 1.82) is 0 Å². The van der Waals surface area contributed by atoms with Crippen LogP contribution in [-0.2, 0) is 6.54 Å². The van der Waals surface area contributed by atoms with E-state index in [1.165, 1.54) is 17.1 Å². The quantitative estimate of drug-likeness (QED) is 0.730. The summed E-state index contributed by atoms with van der Waals surface area (Å²) in [6.45, 7) is 0.413. The third-order valence-corrected chi connectivity index (χ3v) is 3.39. The minimum absolute atomic E-state index is 0.107. The number of pyridine rings is 1. The molecule has 3 rings (SSSR count). The summed E-state index contributed by atoms with van der Waals surface area (Å²) in [6.07, 6.45) is 3.01. The average molecular weight is 316 g/mol. The molecular formula is C14H10BrN3O. The van der Waals surface area contributed by atoms with Gasteiger partial charge in [-0.05, 0) is 28.1 Å². The molecular weight excluding hydrogens is 306 g/mol. The molecule has 19 heavy (non-hydrogen) atoms. The van der Waals surface area contributed by atoms with E-state index >= 15 is 0 Å². The van der Waals surface area contributed by atoms with Gasteiger partial charge in [-0.25, -0.2) is 4.98 Å². The number of aromatic nitrogens is 3. The number of hydrogen-bond donors (Lipinski definition) is 0. The summed E-state index contributed by atoms with van der Waals surface area (Å²) >= 11 is 3.18. The highest BCUT2D eigenvalue weighted by molar-refractivity contribution is 9.10. The number of fused-ring (bicyclic) bond motifs is 1. The minimum Gasteiger partial charge on any atom is -0.292 e. The standard InChI is InChI=1S/C14H10BrN3O/c15-12-7-16-9-18(14(12)19)8-11-6-5-10-3-1-2-4-13(10)17-11/h1-7,9H,8H2. The van der Waals surface area contributed by atoms with Gasteiger partial charge >= 0.3 is 0 Å². The average Bonchev–Trinajstić information content (AvgIpc) is 2.44. The maximum atomic E-state index is 11.9. The molecule has 5 heteroatoms. The van der Waals surface area contributed by atoms with E-state index in [2.05, 4.69) is 25.9 Å². The summed E-state index contributed by atoms with van der Waals surface area (Å²) in [5.74, 6) is 0. The van der Waals surface area contributed by atoms with Crippen LogP contribution in [0.5, 0.6) is 0 Å². The van der Waals surface area contributed by atoms with Gasteiger partial charge in [0.25, 0.3) is 5.56 Å². The van der Waals surface area contributed by atoms with Crippen molar-refractivity contribution in [2.24, 2.45) is 0 Å².